The van der Waals surface area contributed by atoms with Crippen molar-refractivity contribution in [3.63, 3.8) is 0 Å². The standard InChI is InChI=1S/C31H37N7O2/c1-36(2)16-24-25(37-11-9-31(10-12-37)18-40-19-31)5-6-27(35-24)34-23-4-3-20(22-14-32-29(39)28(22)23)21-15-33-38-17-30(7-8-30)13-26(21)38/h3-6,15H,7-14,16-19H2,1-2H3,(H,32,39)(H,34,35). The average molecular weight is 540 g/mol. The zero-order chi connectivity index (χ0) is 27.1. The first-order chi connectivity index (χ1) is 19.4. The van der Waals surface area contributed by atoms with Gasteiger partial charge in [0.05, 0.1) is 42.0 Å². The number of hydrogen-bond acceptors (Lipinski definition) is 7. The minimum absolute atomic E-state index is 0.0332. The summed E-state index contributed by atoms with van der Waals surface area (Å²) in [7, 11) is 4.16. The van der Waals surface area contributed by atoms with Crippen LogP contribution in [0.3, 0.4) is 0 Å². The molecule has 3 fully saturated rings. The number of benzene rings is 1. The highest BCUT2D eigenvalue weighted by Gasteiger charge is 2.49. The van der Waals surface area contributed by atoms with Gasteiger partial charge in [-0.05, 0) is 80.9 Å². The van der Waals surface area contributed by atoms with Gasteiger partial charge in [0.2, 0.25) is 0 Å². The van der Waals surface area contributed by atoms with Crippen molar-refractivity contribution in [2.24, 2.45) is 10.8 Å². The zero-order valence-corrected chi connectivity index (χ0v) is 23.4. The number of fused-ring (bicyclic) bond motifs is 2. The Labute approximate surface area is 234 Å². The number of ether oxygens (including phenoxy) is 1. The Morgan fingerprint density at radius 1 is 1.05 bits per heavy atom. The molecule has 3 aromatic rings. The molecule has 2 N–H and O–H groups in total. The molecule has 0 radical (unpaired) electrons. The van der Waals surface area contributed by atoms with Crippen molar-refractivity contribution in [2.75, 3.05) is 50.6 Å². The number of amides is 1. The van der Waals surface area contributed by atoms with Crippen molar-refractivity contribution in [1.29, 1.82) is 0 Å². The summed E-state index contributed by atoms with van der Waals surface area (Å²) < 4.78 is 7.71. The fourth-order valence-corrected chi connectivity index (χ4v) is 7.21. The van der Waals surface area contributed by atoms with Crippen molar-refractivity contribution in [3.8, 4) is 11.1 Å². The fraction of sp³-hybridized carbons (Fsp3) is 0.516. The largest absolute Gasteiger partial charge is 0.380 e. The van der Waals surface area contributed by atoms with E-state index < -0.39 is 0 Å². The van der Waals surface area contributed by atoms with Gasteiger partial charge in [-0.15, -0.1) is 0 Å². The Hall–Kier alpha value is -3.43. The van der Waals surface area contributed by atoms with E-state index in [2.05, 4.69) is 57.4 Å². The van der Waals surface area contributed by atoms with E-state index in [9.17, 15) is 4.79 Å². The van der Waals surface area contributed by atoms with Crippen LogP contribution in [0.2, 0.25) is 0 Å². The normalized spacial score (nSPS) is 21.5. The Morgan fingerprint density at radius 2 is 1.88 bits per heavy atom. The second-order valence-electron chi connectivity index (χ2n) is 13.0. The van der Waals surface area contributed by atoms with E-state index in [0.29, 0.717) is 17.4 Å². The number of rotatable bonds is 6. The molecule has 5 aliphatic rings. The summed E-state index contributed by atoms with van der Waals surface area (Å²) >= 11 is 0. The maximum atomic E-state index is 13.1. The van der Waals surface area contributed by atoms with E-state index in [1.807, 2.05) is 12.3 Å². The minimum atomic E-state index is -0.0332. The van der Waals surface area contributed by atoms with Gasteiger partial charge in [0, 0.05) is 49.4 Å². The second kappa shape index (κ2) is 8.78. The predicted octanol–water partition coefficient (Wildman–Crippen LogP) is 3.95. The summed E-state index contributed by atoms with van der Waals surface area (Å²) in [4.78, 5) is 22.8. The number of nitrogens with zero attached hydrogens (tertiary/aromatic N) is 5. The third kappa shape index (κ3) is 3.93. The third-order valence-corrected chi connectivity index (χ3v) is 9.85. The molecule has 0 atom stereocenters. The lowest BCUT2D eigenvalue weighted by Crippen LogP contribution is -2.51. The van der Waals surface area contributed by atoms with E-state index in [1.54, 1.807) is 0 Å². The van der Waals surface area contributed by atoms with Gasteiger partial charge in [-0.3, -0.25) is 9.48 Å². The highest BCUT2D eigenvalue weighted by molar-refractivity contribution is 6.06. The number of carbonyl (C=O) groups is 1. The molecule has 4 aliphatic heterocycles. The highest BCUT2D eigenvalue weighted by atomic mass is 16.5. The maximum Gasteiger partial charge on any atom is 0.254 e. The Morgan fingerprint density at radius 3 is 2.60 bits per heavy atom. The lowest BCUT2D eigenvalue weighted by atomic mass is 9.77. The topological polar surface area (TPSA) is 87.5 Å². The maximum absolute atomic E-state index is 13.1. The number of nitrogens with one attached hydrogen (secondary N) is 2. The number of anilines is 3. The van der Waals surface area contributed by atoms with Crippen LogP contribution in [0.5, 0.6) is 0 Å². The van der Waals surface area contributed by atoms with Gasteiger partial charge >= 0.3 is 0 Å². The number of hydrogen-bond donors (Lipinski definition) is 2. The van der Waals surface area contributed by atoms with Crippen LogP contribution in [0.25, 0.3) is 11.1 Å². The van der Waals surface area contributed by atoms with Gasteiger partial charge in [0.25, 0.3) is 5.91 Å². The molecule has 1 amide bonds. The van der Waals surface area contributed by atoms with Crippen LogP contribution in [0.15, 0.2) is 30.5 Å². The monoisotopic (exact) mass is 539 g/mol. The third-order valence-electron chi connectivity index (χ3n) is 9.85. The van der Waals surface area contributed by atoms with Gasteiger partial charge in [-0.25, -0.2) is 4.98 Å². The van der Waals surface area contributed by atoms with Crippen LogP contribution in [-0.4, -0.2) is 66.0 Å². The molecule has 9 heteroatoms. The van der Waals surface area contributed by atoms with Crippen molar-refractivity contribution in [2.45, 2.75) is 51.7 Å². The molecule has 1 saturated carbocycles. The molecule has 1 aromatic carbocycles. The van der Waals surface area contributed by atoms with E-state index >= 15 is 0 Å². The Balaban J connectivity index is 1.09. The van der Waals surface area contributed by atoms with Gasteiger partial charge < -0.3 is 25.2 Å². The zero-order valence-electron chi connectivity index (χ0n) is 23.4. The van der Waals surface area contributed by atoms with Crippen LogP contribution in [0.1, 0.15) is 53.0 Å². The molecular weight excluding hydrogens is 502 g/mol. The van der Waals surface area contributed by atoms with Gasteiger partial charge in [-0.1, -0.05) is 6.07 Å². The lowest BCUT2D eigenvalue weighted by molar-refractivity contribution is -0.124. The Kier molecular flexibility index (Phi) is 5.35. The molecule has 9 nitrogen and oxygen atoms in total. The number of piperidine rings is 1. The van der Waals surface area contributed by atoms with E-state index in [1.165, 1.54) is 42.6 Å². The van der Waals surface area contributed by atoms with Crippen LogP contribution < -0.4 is 15.5 Å². The molecular formula is C31H37N7O2. The van der Waals surface area contributed by atoms with Crippen molar-refractivity contribution in [3.05, 3.63) is 53.0 Å². The Bertz CT molecular complexity index is 1510. The van der Waals surface area contributed by atoms with Gasteiger partial charge in [-0.2, -0.15) is 5.10 Å². The average Bonchev–Trinajstić information content (AvgIpc) is 3.19. The molecule has 0 bridgehead atoms. The lowest BCUT2D eigenvalue weighted by Gasteiger charge is -2.48. The molecule has 0 unspecified atom stereocenters. The highest BCUT2D eigenvalue weighted by Crippen LogP contribution is 2.54. The van der Waals surface area contributed by atoms with Crippen LogP contribution in [0, 0.1) is 10.8 Å². The molecule has 2 saturated heterocycles. The van der Waals surface area contributed by atoms with E-state index in [-0.39, 0.29) is 5.91 Å². The smallest absolute Gasteiger partial charge is 0.254 e. The molecule has 1 aliphatic carbocycles. The van der Waals surface area contributed by atoms with Crippen LogP contribution in [0.4, 0.5) is 17.2 Å². The number of carbonyl (C=O) groups excluding carboxylic acids is 1. The SMILES string of the molecule is CN(C)Cc1nc(Nc2ccc(-c3cnn4c3CC3(CC3)C4)c3c2C(=O)NC3)ccc1N1CCC2(CC1)COC2. The molecule has 40 heavy (non-hydrogen) atoms. The first-order valence-corrected chi connectivity index (χ1v) is 14.6. The fourth-order valence-electron chi connectivity index (χ4n) is 7.21. The number of pyridine rings is 1. The summed E-state index contributed by atoms with van der Waals surface area (Å²) in [5.74, 6) is 0.729. The first-order valence-electron chi connectivity index (χ1n) is 14.6. The van der Waals surface area contributed by atoms with E-state index in [4.69, 9.17) is 14.8 Å². The predicted molar refractivity (Wildman–Crippen MR) is 154 cm³/mol. The van der Waals surface area contributed by atoms with Gasteiger partial charge in [0.15, 0.2) is 0 Å². The summed E-state index contributed by atoms with van der Waals surface area (Å²) in [5.41, 5.74) is 9.29. The summed E-state index contributed by atoms with van der Waals surface area (Å²) in [6, 6.07) is 8.44. The van der Waals surface area contributed by atoms with Crippen molar-refractivity contribution < 1.29 is 9.53 Å². The van der Waals surface area contributed by atoms with Gasteiger partial charge in [0.1, 0.15) is 5.82 Å². The van der Waals surface area contributed by atoms with Crippen molar-refractivity contribution in [1.82, 2.24) is 25.0 Å². The second-order valence-corrected chi connectivity index (χ2v) is 13.0. The minimum Gasteiger partial charge on any atom is -0.380 e. The summed E-state index contributed by atoms with van der Waals surface area (Å²) in [6.07, 6.45) is 8.02. The summed E-state index contributed by atoms with van der Waals surface area (Å²) in [5, 5.41) is 11.3. The quantitative estimate of drug-likeness (QED) is 0.491. The molecule has 8 rings (SSSR count). The molecule has 2 spiro atoms. The molecule has 6 heterocycles. The molecule has 2 aromatic heterocycles. The van der Waals surface area contributed by atoms with Crippen LogP contribution >= 0.6 is 0 Å². The summed E-state index contributed by atoms with van der Waals surface area (Å²) in [6.45, 7) is 6.21. The molecule has 208 valence electrons. The van der Waals surface area contributed by atoms with Crippen LogP contribution in [-0.2, 0) is 30.8 Å². The first kappa shape index (κ1) is 24.4. The number of aromatic nitrogens is 3. The van der Waals surface area contributed by atoms with Crippen molar-refractivity contribution >= 4 is 23.1 Å². The van der Waals surface area contributed by atoms with E-state index in [0.717, 1.165) is 79.7 Å².